The topological polar surface area (TPSA) is 111 Å². The Kier molecular flexibility index (Phi) is 6.82. The van der Waals surface area contributed by atoms with Gasteiger partial charge in [0.05, 0.1) is 48.6 Å². The molecule has 2 aromatic heterocycles. The summed E-state index contributed by atoms with van der Waals surface area (Å²) in [6, 6.07) is 21.5. The summed E-state index contributed by atoms with van der Waals surface area (Å²) in [6.07, 6.45) is 0.799. The van der Waals surface area contributed by atoms with Gasteiger partial charge >= 0.3 is 0 Å². The van der Waals surface area contributed by atoms with Crippen LogP contribution >= 0.6 is 0 Å². The van der Waals surface area contributed by atoms with Crippen molar-refractivity contribution in [1.82, 2.24) is 24.6 Å². The predicted molar refractivity (Wildman–Crippen MR) is 119 cm³/mol. The van der Waals surface area contributed by atoms with Crippen molar-refractivity contribution in [2.24, 2.45) is 0 Å². The Morgan fingerprint density at radius 1 is 1.03 bits per heavy atom. The number of fused-ring (bicyclic) bond motifs is 1. The van der Waals surface area contributed by atoms with Crippen LogP contribution in [0.1, 0.15) is 22.6 Å². The van der Waals surface area contributed by atoms with Crippen molar-refractivity contribution in [2.75, 3.05) is 13.2 Å². The molecule has 0 bridgehead atoms. The second-order valence-corrected chi connectivity index (χ2v) is 7.69. The van der Waals surface area contributed by atoms with Gasteiger partial charge in [-0.2, -0.15) is 5.26 Å². The van der Waals surface area contributed by atoms with Gasteiger partial charge in [0.1, 0.15) is 12.2 Å². The highest BCUT2D eigenvalue weighted by molar-refractivity contribution is 5.78. The maximum Gasteiger partial charge on any atom is 0.147 e. The first kappa shape index (κ1) is 21.6. The van der Waals surface area contributed by atoms with E-state index in [1.54, 1.807) is 18.5 Å². The fourth-order valence-electron chi connectivity index (χ4n) is 3.58. The van der Waals surface area contributed by atoms with E-state index >= 15 is 0 Å². The highest BCUT2D eigenvalue weighted by Crippen LogP contribution is 2.15. The number of aromatic nitrogens is 4. The summed E-state index contributed by atoms with van der Waals surface area (Å²) in [6.45, 7) is 1.44. The summed E-state index contributed by atoms with van der Waals surface area (Å²) < 4.78 is 1.94. The number of nitriles is 1. The molecule has 4 rings (SSSR count). The van der Waals surface area contributed by atoms with Crippen molar-refractivity contribution in [3.05, 3.63) is 89.6 Å². The summed E-state index contributed by atoms with van der Waals surface area (Å²) >= 11 is 0. The number of para-hydroxylation sites is 1. The molecule has 32 heavy (non-hydrogen) atoms. The Balaban J connectivity index is 1.52. The second kappa shape index (κ2) is 10.1. The van der Waals surface area contributed by atoms with Crippen molar-refractivity contribution in [1.29, 1.82) is 5.26 Å². The zero-order valence-electron chi connectivity index (χ0n) is 17.5. The van der Waals surface area contributed by atoms with Gasteiger partial charge in [0.15, 0.2) is 0 Å². The molecular formula is C24H24N6O2. The molecule has 2 heterocycles. The molecule has 0 saturated heterocycles. The maximum absolute atomic E-state index is 10.1. The van der Waals surface area contributed by atoms with E-state index in [0.717, 1.165) is 28.0 Å². The molecule has 0 fully saturated rings. The monoisotopic (exact) mass is 428 g/mol. The molecule has 0 spiro atoms. The molecule has 0 aliphatic rings. The highest BCUT2D eigenvalue weighted by Gasteiger charge is 2.16. The summed E-state index contributed by atoms with van der Waals surface area (Å²) in [7, 11) is 0. The summed E-state index contributed by atoms with van der Waals surface area (Å²) in [5.74, 6) is 0.736. The molecule has 0 amide bonds. The first-order chi connectivity index (χ1) is 15.6. The van der Waals surface area contributed by atoms with E-state index in [2.05, 4.69) is 16.3 Å². The van der Waals surface area contributed by atoms with E-state index in [0.29, 0.717) is 25.2 Å². The molecule has 0 aliphatic carbocycles. The molecule has 162 valence electrons. The standard InChI is InChI=1S/C24H24N6O2/c25-11-18-5-7-19(8-6-18)12-30-17-26-28-24(30)15-29(14-22(32)16-31)13-21-10-9-20-3-1-2-4-23(20)27-21/h1-10,17,22,31-32H,12-16H2. The molecule has 0 aliphatic heterocycles. The average Bonchev–Trinajstić information content (AvgIpc) is 3.25. The second-order valence-electron chi connectivity index (χ2n) is 7.69. The van der Waals surface area contributed by atoms with Crippen molar-refractivity contribution >= 4 is 10.9 Å². The van der Waals surface area contributed by atoms with Crippen LogP contribution in [0.3, 0.4) is 0 Å². The lowest BCUT2D eigenvalue weighted by molar-refractivity contribution is 0.0526. The van der Waals surface area contributed by atoms with Crippen LogP contribution in [0.5, 0.6) is 0 Å². The van der Waals surface area contributed by atoms with Crippen molar-refractivity contribution in [3.63, 3.8) is 0 Å². The molecular weight excluding hydrogens is 404 g/mol. The number of benzene rings is 2. The van der Waals surface area contributed by atoms with Gasteiger partial charge in [-0.1, -0.05) is 36.4 Å². The average molecular weight is 428 g/mol. The molecule has 2 aromatic carbocycles. The van der Waals surface area contributed by atoms with Crippen LogP contribution in [-0.2, 0) is 19.6 Å². The molecule has 2 N–H and O–H groups in total. The summed E-state index contributed by atoms with van der Waals surface area (Å²) in [5.41, 5.74) is 3.43. The largest absolute Gasteiger partial charge is 0.394 e. The van der Waals surface area contributed by atoms with Crippen LogP contribution in [0.4, 0.5) is 0 Å². The van der Waals surface area contributed by atoms with E-state index in [9.17, 15) is 10.2 Å². The fraction of sp³-hybridized carbons (Fsp3) is 0.250. The van der Waals surface area contributed by atoms with Crippen LogP contribution in [0.2, 0.25) is 0 Å². The summed E-state index contributed by atoms with van der Waals surface area (Å²) in [5, 5.41) is 37.8. The molecule has 0 saturated carbocycles. The normalized spacial score (nSPS) is 12.2. The van der Waals surface area contributed by atoms with E-state index in [1.807, 2.05) is 58.0 Å². The van der Waals surface area contributed by atoms with Crippen LogP contribution in [0.15, 0.2) is 67.0 Å². The van der Waals surface area contributed by atoms with Gasteiger partial charge in [0.2, 0.25) is 0 Å². The van der Waals surface area contributed by atoms with Gasteiger partial charge in [-0.3, -0.25) is 9.88 Å². The lowest BCUT2D eigenvalue weighted by atomic mass is 10.1. The van der Waals surface area contributed by atoms with E-state index < -0.39 is 6.10 Å². The zero-order chi connectivity index (χ0) is 22.3. The predicted octanol–water partition coefficient (Wildman–Crippen LogP) is 2.10. The molecule has 1 unspecified atom stereocenters. The van der Waals surface area contributed by atoms with Crippen LogP contribution in [-0.4, -0.2) is 54.1 Å². The van der Waals surface area contributed by atoms with Crippen LogP contribution in [0, 0.1) is 11.3 Å². The Morgan fingerprint density at radius 3 is 2.62 bits per heavy atom. The molecule has 8 heteroatoms. The lowest BCUT2D eigenvalue weighted by Crippen LogP contribution is -2.34. The van der Waals surface area contributed by atoms with E-state index in [-0.39, 0.29) is 13.2 Å². The van der Waals surface area contributed by atoms with Crippen LogP contribution < -0.4 is 0 Å². The van der Waals surface area contributed by atoms with Gasteiger partial charge in [0, 0.05) is 18.5 Å². The van der Waals surface area contributed by atoms with Crippen LogP contribution in [0.25, 0.3) is 10.9 Å². The fourth-order valence-corrected chi connectivity index (χ4v) is 3.58. The van der Waals surface area contributed by atoms with E-state index in [4.69, 9.17) is 10.2 Å². The highest BCUT2D eigenvalue weighted by atomic mass is 16.3. The first-order valence-corrected chi connectivity index (χ1v) is 10.4. The van der Waals surface area contributed by atoms with Crippen molar-refractivity contribution in [3.8, 4) is 6.07 Å². The minimum absolute atomic E-state index is 0.273. The number of rotatable bonds is 9. The van der Waals surface area contributed by atoms with Gasteiger partial charge in [-0.05, 0) is 29.8 Å². The number of aliphatic hydroxyl groups excluding tert-OH is 2. The van der Waals surface area contributed by atoms with Gasteiger partial charge in [-0.15, -0.1) is 10.2 Å². The Hall–Kier alpha value is -3.64. The quantitative estimate of drug-likeness (QED) is 0.420. The smallest absolute Gasteiger partial charge is 0.147 e. The van der Waals surface area contributed by atoms with Crippen molar-refractivity contribution in [2.45, 2.75) is 25.7 Å². The number of aliphatic hydroxyl groups is 2. The SMILES string of the molecule is N#Cc1ccc(Cn2cnnc2CN(Cc2ccc3ccccc3n2)CC(O)CO)cc1. The number of hydrogen-bond acceptors (Lipinski definition) is 7. The van der Waals surface area contributed by atoms with E-state index in [1.165, 1.54) is 0 Å². The third-order valence-electron chi connectivity index (χ3n) is 5.22. The minimum Gasteiger partial charge on any atom is -0.394 e. The van der Waals surface area contributed by atoms with Gasteiger partial charge in [0.25, 0.3) is 0 Å². The molecule has 1 atom stereocenters. The molecule has 8 nitrogen and oxygen atoms in total. The first-order valence-electron chi connectivity index (χ1n) is 10.4. The lowest BCUT2D eigenvalue weighted by Gasteiger charge is -2.24. The maximum atomic E-state index is 10.1. The molecule has 0 radical (unpaired) electrons. The Labute approximate surface area is 186 Å². The minimum atomic E-state index is -0.870. The third-order valence-corrected chi connectivity index (χ3v) is 5.22. The zero-order valence-corrected chi connectivity index (χ0v) is 17.5. The van der Waals surface area contributed by atoms with Gasteiger partial charge < -0.3 is 14.8 Å². The Bertz CT molecular complexity index is 1220. The number of nitrogens with zero attached hydrogens (tertiary/aromatic N) is 6. The Morgan fingerprint density at radius 2 is 1.84 bits per heavy atom. The summed E-state index contributed by atoms with van der Waals surface area (Å²) in [4.78, 5) is 6.73. The third kappa shape index (κ3) is 5.34. The molecule has 4 aromatic rings. The number of hydrogen-bond donors (Lipinski definition) is 2. The van der Waals surface area contributed by atoms with Crippen molar-refractivity contribution < 1.29 is 10.2 Å². The number of pyridine rings is 1. The van der Waals surface area contributed by atoms with Gasteiger partial charge in [-0.25, -0.2) is 0 Å².